The second kappa shape index (κ2) is 9.50. The normalized spacial score (nSPS) is 10.9. The molecule has 2 heterocycles. The molecule has 33 heavy (non-hydrogen) atoms. The highest BCUT2D eigenvalue weighted by atomic mass is 32.1. The number of aromatic nitrogens is 2. The quantitative estimate of drug-likeness (QED) is 0.367. The van der Waals surface area contributed by atoms with E-state index in [1.165, 1.54) is 29.5 Å². The number of rotatable bonds is 7. The van der Waals surface area contributed by atoms with Crippen molar-refractivity contribution in [3.8, 4) is 5.75 Å². The highest BCUT2D eigenvalue weighted by molar-refractivity contribution is 7.12. The van der Waals surface area contributed by atoms with E-state index in [4.69, 9.17) is 4.74 Å². The first kappa shape index (κ1) is 22.6. The molecule has 0 radical (unpaired) electrons. The number of aryl methyl sites for hydroxylation is 1. The molecule has 0 spiro atoms. The number of nitrogens with one attached hydrogen (secondary N) is 1. The Morgan fingerprint density at radius 3 is 2.61 bits per heavy atom. The molecule has 0 saturated heterocycles. The standard InChI is InChI=1S/C24H20F3N3O2S/c1-14-23(15(2)30(29-14)11-16-4-3-5-18(25)8-16)28-24(31)22-9-17(13-33-22)12-32-21-7-6-19(26)10-20(21)27/h3-10,13H,11-12H2,1-2H3,(H,28,31). The predicted octanol–water partition coefficient (Wildman–Crippen LogP) is 5.86. The Hall–Kier alpha value is -3.59. The molecule has 0 fully saturated rings. The van der Waals surface area contributed by atoms with Crippen molar-refractivity contribution in [3.05, 3.63) is 98.8 Å². The largest absolute Gasteiger partial charge is 0.486 e. The molecule has 0 aliphatic carbocycles. The summed E-state index contributed by atoms with van der Waals surface area (Å²) in [5.74, 6) is -2.16. The molecule has 2 aromatic carbocycles. The van der Waals surface area contributed by atoms with E-state index in [2.05, 4.69) is 10.4 Å². The van der Waals surface area contributed by atoms with Gasteiger partial charge < -0.3 is 10.1 Å². The monoisotopic (exact) mass is 471 g/mol. The summed E-state index contributed by atoms with van der Waals surface area (Å²) in [7, 11) is 0. The highest BCUT2D eigenvalue weighted by Gasteiger charge is 2.17. The lowest BCUT2D eigenvalue weighted by Gasteiger charge is -2.07. The first-order valence-electron chi connectivity index (χ1n) is 10.0. The number of benzene rings is 2. The molecule has 0 atom stereocenters. The third kappa shape index (κ3) is 5.25. The summed E-state index contributed by atoms with van der Waals surface area (Å²) in [5.41, 5.74) is 3.43. The molecular formula is C24H20F3N3O2S. The van der Waals surface area contributed by atoms with E-state index in [0.717, 1.165) is 23.4 Å². The van der Waals surface area contributed by atoms with E-state index in [1.54, 1.807) is 29.1 Å². The maximum Gasteiger partial charge on any atom is 0.265 e. The van der Waals surface area contributed by atoms with Crippen LogP contribution in [0.5, 0.6) is 5.75 Å². The number of thiophene rings is 1. The maximum absolute atomic E-state index is 13.7. The molecule has 0 aliphatic rings. The van der Waals surface area contributed by atoms with Gasteiger partial charge in [0.2, 0.25) is 0 Å². The Balaban J connectivity index is 1.42. The Bertz CT molecular complexity index is 1320. The van der Waals surface area contributed by atoms with Crippen molar-refractivity contribution in [2.45, 2.75) is 27.0 Å². The Morgan fingerprint density at radius 1 is 1.06 bits per heavy atom. The summed E-state index contributed by atoms with van der Waals surface area (Å²) < 4.78 is 47.3. The highest BCUT2D eigenvalue weighted by Crippen LogP contribution is 2.24. The van der Waals surface area contributed by atoms with Crippen molar-refractivity contribution in [2.24, 2.45) is 0 Å². The number of carbonyl (C=O) groups is 1. The lowest BCUT2D eigenvalue weighted by Crippen LogP contribution is -2.12. The molecule has 9 heteroatoms. The summed E-state index contributed by atoms with van der Waals surface area (Å²) in [4.78, 5) is 13.2. The minimum absolute atomic E-state index is 0.0377. The number of halogens is 3. The summed E-state index contributed by atoms with van der Waals surface area (Å²) in [6.45, 7) is 4.03. The van der Waals surface area contributed by atoms with Crippen molar-refractivity contribution in [1.29, 1.82) is 0 Å². The van der Waals surface area contributed by atoms with Crippen LogP contribution in [0, 0.1) is 31.3 Å². The number of hydrogen-bond acceptors (Lipinski definition) is 4. The molecule has 170 valence electrons. The molecule has 4 aromatic rings. The lowest BCUT2D eigenvalue weighted by atomic mass is 10.2. The first-order chi connectivity index (χ1) is 15.8. The van der Waals surface area contributed by atoms with Gasteiger partial charge in [-0.15, -0.1) is 11.3 Å². The van der Waals surface area contributed by atoms with Crippen LogP contribution in [0.3, 0.4) is 0 Å². The van der Waals surface area contributed by atoms with Gasteiger partial charge in [0.1, 0.15) is 18.2 Å². The van der Waals surface area contributed by atoms with Gasteiger partial charge in [-0.1, -0.05) is 12.1 Å². The number of amides is 1. The average Bonchev–Trinajstić information content (AvgIpc) is 3.34. The van der Waals surface area contributed by atoms with E-state index in [1.807, 2.05) is 13.0 Å². The van der Waals surface area contributed by atoms with Gasteiger partial charge in [-0.3, -0.25) is 9.48 Å². The number of anilines is 1. The van der Waals surface area contributed by atoms with Gasteiger partial charge in [0.15, 0.2) is 11.6 Å². The fourth-order valence-electron chi connectivity index (χ4n) is 3.34. The zero-order valence-corrected chi connectivity index (χ0v) is 18.7. The minimum atomic E-state index is -0.788. The van der Waals surface area contributed by atoms with Crippen molar-refractivity contribution in [3.63, 3.8) is 0 Å². The van der Waals surface area contributed by atoms with Crippen LogP contribution in [0.25, 0.3) is 0 Å². The van der Waals surface area contributed by atoms with E-state index in [0.29, 0.717) is 28.4 Å². The van der Waals surface area contributed by atoms with Crippen molar-refractivity contribution >= 4 is 22.9 Å². The van der Waals surface area contributed by atoms with Gasteiger partial charge in [0.05, 0.1) is 28.5 Å². The van der Waals surface area contributed by atoms with Crippen LogP contribution in [0.4, 0.5) is 18.9 Å². The smallest absolute Gasteiger partial charge is 0.265 e. The third-order valence-electron chi connectivity index (χ3n) is 5.01. The topological polar surface area (TPSA) is 56.2 Å². The van der Waals surface area contributed by atoms with Crippen molar-refractivity contribution in [1.82, 2.24) is 9.78 Å². The molecule has 1 N–H and O–H groups in total. The zero-order valence-electron chi connectivity index (χ0n) is 17.9. The van der Waals surface area contributed by atoms with Gasteiger partial charge in [-0.2, -0.15) is 5.10 Å². The zero-order chi connectivity index (χ0) is 23.5. The molecule has 0 saturated carbocycles. The first-order valence-corrected chi connectivity index (χ1v) is 10.9. The summed E-state index contributed by atoms with van der Waals surface area (Å²) in [5, 5.41) is 9.09. The molecule has 2 aromatic heterocycles. The summed E-state index contributed by atoms with van der Waals surface area (Å²) in [6.07, 6.45) is 0. The van der Waals surface area contributed by atoms with Crippen LogP contribution in [-0.4, -0.2) is 15.7 Å². The fraction of sp³-hybridized carbons (Fsp3) is 0.167. The Morgan fingerprint density at radius 2 is 1.85 bits per heavy atom. The summed E-state index contributed by atoms with van der Waals surface area (Å²) in [6, 6.07) is 11.0. The van der Waals surface area contributed by atoms with E-state index >= 15 is 0 Å². The van der Waals surface area contributed by atoms with Gasteiger partial charge in [-0.05, 0) is 55.1 Å². The van der Waals surface area contributed by atoms with E-state index < -0.39 is 11.6 Å². The number of carbonyl (C=O) groups excluding carboxylic acids is 1. The van der Waals surface area contributed by atoms with Gasteiger partial charge in [0, 0.05) is 11.6 Å². The van der Waals surface area contributed by atoms with Crippen LogP contribution < -0.4 is 10.1 Å². The van der Waals surface area contributed by atoms with Gasteiger partial charge in [0.25, 0.3) is 5.91 Å². The second-order valence-corrected chi connectivity index (χ2v) is 8.38. The van der Waals surface area contributed by atoms with Crippen LogP contribution >= 0.6 is 11.3 Å². The molecule has 4 rings (SSSR count). The Kier molecular flexibility index (Phi) is 6.50. The molecule has 0 unspecified atom stereocenters. The Labute approximate surface area is 192 Å². The maximum atomic E-state index is 13.7. The van der Waals surface area contributed by atoms with Crippen molar-refractivity contribution in [2.75, 3.05) is 5.32 Å². The fourth-order valence-corrected chi connectivity index (χ4v) is 4.13. The van der Waals surface area contributed by atoms with Crippen LogP contribution in [0.1, 0.15) is 32.2 Å². The second-order valence-electron chi connectivity index (χ2n) is 7.47. The van der Waals surface area contributed by atoms with E-state index in [-0.39, 0.29) is 24.1 Å². The molecular weight excluding hydrogens is 451 g/mol. The van der Waals surface area contributed by atoms with Gasteiger partial charge in [-0.25, -0.2) is 13.2 Å². The molecule has 1 amide bonds. The van der Waals surface area contributed by atoms with Crippen LogP contribution in [0.15, 0.2) is 53.9 Å². The number of ether oxygens (including phenoxy) is 1. The van der Waals surface area contributed by atoms with Crippen molar-refractivity contribution < 1.29 is 22.7 Å². The molecule has 0 aliphatic heterocycles. The number of hydrogen-bond donors (Lipinski definition) is 1. The SMILES string of the molecule is Cc1nn(Cc2cccc(F)c2)c(C)c1NC(=O)c1cc(COc2ccc(F)cc2F)cs1. The van der Waals surface area contributed by atoms with E-state index in [9.17, 15) is 18.0 Å². The number of nitrogens with zero attached hydrogens (tertiary/aromatic N) is 2. The summed E-state index contributed by atoms with van der Waals surface area (Å²) >= 11 is 1.23. The minimum Gasteiger partial charge on any atom is -0.486 e. The van der Waals surface area contributed by atoms with Crippen LogP contribution in [0.2, 0.25) is 0 Å². The predicted molar refractivity (Wildman–Crippen MR) is 120 cm³/mol. The van der Waals surface area contributed by atoms with Gasteiger partial charge >= 0.3 is 0 Å². The molecule has 5 nitrogen and oxygen atoms in total. The average molecular weight is 472 g/mol. The lowest BCUT2D eigenvalue weighted by molar-refractivity contribution is 0.103. The van der Waals surface area contributed by atoms with Crippen LogP contribution in [-0.2, 0) is 13.2 Å². The third-order valence-corrected chi connectivity index (χ3v) is 5.98. The molecule has 0 bridgehead atoms.